The molecule has 0 saturated carbocycles. The average molecular weight is 118 g/mol. The normalized spacial score (nSPS) is 8.33. The van der Waals surface area contributed by atoms with E-state index in [-0.39, 0.29) is 0 Å². The Morgan fingerprint density at radius 3 is 2.44 bits per heavy atom. The van der Waals surface area contributed by atoms with Crippen LogP contribution < -0.4 is 0 Å². The summed E-state index contributed by atoms with van der Waals surface area (Å²) in [6, 6.07) is 5.64. The van der Waals surface area contributed by atoms with E-state index in [0.29, 0.717) is 5.70 Å². The molecule has 0 aromatic carbocycles. The van der Waals surface area contributed by atoms with Crippen LogP contribution in [0.4, 0.5) is 0 Å². The van der Waals surface area contributed by atoms with Crippen LogP contribution in [0.1, 0.15) is 0 Å². The van der Waals surface area contributed by atoms with Gasteiger partial charge in [-0.1, -0.05) is 6.58 Å². The molecule has 44 valence electrons. The maximum absolute atomic E-state index is 8.34. The van der Waals surface area contributed by atoms with Gasteiger partial charge in [0, 0.05) is 12.4 Å². The molecule has 9 heavy (non-hydrogen) atoms. The summed E-state index contributed by atoms with van der Waals surface area (Å²) in [6.45, 7) is 3.52. The Morgan fingerprint density at radius 1 is 1.44 bits per heavy atom. The number of nitrogens with zero attached hydrogens (tertiary/aromatic N) is 2. The highest BCUT2D eigenvalue weighted by Crippen LogP contribution is 1.98. The summed E-state index contributed by atoms with van der Waals surface area (Å²) in [5.74, 6) is 0. The Balaban J connectivity index is 2.93. The molecule has 1 heterocycles. The van der Waals surface area contributed by atoms with Crippen LogP contribution in [0.3, 0.4) is 0 Å². The fourth-order valence-corrected chi connectivity index (χ4v) is 0.572. The zero-order chi connectivity index (χ0) is 6.69. The number of allylic oxidation sites excluding steroid dienone is 1. The first-order valence-corrected chi connectivity index (χ1v) is 2.57. The third-order valence-electron chi connectivity index (χ3n) is 1.05. The van der Waals surface area contributed by atoms with E-state index < -0.39 is 0 Å². The van der Waals surface area contributed by atoms with E-state index in [0.717, 1.165) is 0 Å². The first-order chi connectivity index (χ1) is 4.34. The lowest BCUT2D eigenvalue weighted by atomic mass is 10.5. The molecular weight excluding hydrogens is 112 g/mol. The van der Waals surface area contributed by atoms with Crippen LogP contribution in [0.15, 0.2) is 31.1 Å². The Kier molecular flexibility index (Phi) is 1.37. The van der Waals surface area contributed by atoms with Crippen LogP contribution in [-0.4, -0.2) is 4.57 Å². The molecule has 0 bridgehead atoms. The highest BCUT2D eigenvalue weighted by molar-refractivity contribution is 5.57. The van der Waals surface area contributed by atoms with Gasteiger partial charge in [-0.05, 0) is 12.1 Å². The van der Waals surface area contributed by atoms with Gasteiger partial charge in [-0.15, -0.1) is 0 Å². The van der Waals surface area contributed by atoms with E-state index in [9.17, 15) is 0 Å². The van der Waals surface area contributed by atoms with E-state index in [1.165, 1.54) is 0 Å². The monoisotopic (exact) mass is 118 g/mol. The summed E-state index contributed by atoms with van der Waals surface area (Å²) in [5.41, 5.74) is 0.444. The molecule has 2 heteroatoms. The summed E-state index contributed by atoms with van der Waals surface area (Å²) in [7, 11) is 0. The topological polar surface area (TPSA) is 28.7 Å². The summed E-state index contributed by atoms with van der Waals surface area (Å²) >= 11 is 0. The van der Waals surface area contributed by atoms with Gasteiger partial charge in [-0.2, -0.15) is 5.26 Å². The number of hydrogen-bond donors (Lipinski definition) is 0. The molecule has 0 atom stereocenters. The lowest BCUT2D eigenvalue weighted by molar-refractivity contribution is 1.14. The van der Waals surface area contributed by atoms with Crippen molar-refractivity contribution in [2.45, 2.75) is 0 Å². The van der Waals surface area contributed by atoms with E-state index in [1.54, 1.807) is 17.0 Å². The van der Waals surface area contributed by atoms with Gasteiger partial charge < -0.3 is 4.57 Å². The number of rotatable bonds is 1. The molecule has 0 spiro atoms. The van der Waals surface area contributed by atoms with Crippen molar-refractivity contribution >= 4 is 5.70 Å². The Morgan fingerprint density at radius 2 is 2.00 bits per heavy atom. The van der Waals surface area contributed by atoms with Crippen LogP contribution >= 0.6 is 0 Å². The Labute approximate surface area is 53.6 Å². The van der Waals surface area contributed by atoms with Crippen molar-refractivity contribution < 1.29 is 0 Å². The second kappa shape index (κ2) is 2.19. The molecule has 0 fully saturated rings. The highest BCUT2D eigenvalue weighted by atomic mass is 14.9. The summed E-state index contributed by atoms with van der Waals surface area (Å²) < 4.78 is 1.67. The van der Waals surface area contributed by atoms with Crippen LogP contribution in [0.5, 0.6) is 0 Å². The summed E-state index contributed by atoms with van der Waals surface area (Å²) in [4.78, 5) is 0. The van der Waals surface area contributed by atoms with Gasteiger partial charge in [0.25, 0.3) is 0 Å². The molecule has 0 radical (unpaired) electrons. The van der Waals surface area contributed by atoms with Gasteiger partial charge in [-0.25, -0.2) is 0 Å². The van der Waals surface area contributed by atoms with Gasteiger partial charge in [0.15, 0.2) is 0 Å². The molecule has 0 unspecified atom stereocenters. The van der Waals surface area contributed by atoms with Gasteiger partial charge >= 0.3 is 0 Å². The van der Waals surface area contributed by atoms with Crippen molar-refractivity contribution in [2.24, 2.45) is 0 Å². The third-order valence-corrected chi connectivity index (χ3v) is 1.05. The summed E-state index contributed by atoms with van der Waals surface area (Å²) in [5, 5.41) is 8.34. The van der Waals surface area contributed by atoms with Gasteiger partial charge in [0.05, 0.1) is 0 Å². The van der Waals surface area contributed by atoms with Crippen LogP contribution in [-0.2, 0) is 0 Å². The molecule has 0 aliphatic carbocycles. The average Bonchev–Trinajstić information content (AvgIpc) is 2.37. The minimum atomic E-state index is 0.444. The number of nitriles is 1. The second-order valence-electron chi connectivity index (χ2n) is 1.65. The molecule has 0 aliphatic heterocycles. The van der Waals surface area contributed by atoms with Crippen LogP contribution in [0.2, 0.25) is 0 Å². The quantitative estimate of drug-likeness (QED) is 0.513. The maximum Gasteiger partial charge on any atom is 0.117 e. The zero-order valence-corrected chi connectivity index (χ0v) is 4.91. The van der Waals surface area contributed by atoms with Crippen molar-refractivity contribution in [3.63, 3.8) is 0 Å². The minimum Gasteiger partial charge on any atom is -0.316 e. The molecule has 2 nitrogen and oxygen atoms in total. The second-order valence-corrected chi connectivity index (χ2v) is 1.65. The first kappa shape index (κ1) is 5.64. The van der Waals surface area contributed by atoms with Crippen molar-refractivity contribution in [3.05, 3.63) is 31.1 Å². The molecule has 0 N–H and O–H groups in total. The largest absolute Gasteiger partial charge is 0.316 e. The molecule has 0 aliphatic rings. The van der Waals surface area contributed by atoms with Crippen molar-refractivity contribution in [1.82, 2.24) is 4.57 Å². The Hall–Kier alpha value is -1.49. The standard InChI is InChI=1S/C7H6N2/c1-7(6-8)9-4-2-3-5-9/h2-5H,1H2. The third kappa shape index (κ3) is 1.000. The van der Waals surface area contributed by atoms with Gasteiger partial charge in [-0.3, -0.25) is 0 Å². The van der Waals surface area contributed by atoms with Gasteiger partial charge in [0.1, 0.15) is 11.8 Å². The predicted octanol–water partition coefficient (Wildman–Crippen LogP) is 1.48. The highest BCUT2D eigenvalue weighted by Gasteiger charge is 1.88. The van der Waals surface area contributed by atoms with Crippen LogP contribution in [0.25, 0.3) is 5.70 Å². The lowest BCUT2D eigenvalue weighted by Crippen LogP contribution is -1.86. The first-order valence-electron chi connectivity index (χ1n) is 2.57. The smallest absolute Gasteiger partial charge is 0.117 e. The van der Waals surface area contributed by atoms with Crippen molar-refractivity contribution in [1.29, 1.82) is 5.26 Å². The van der Waals surface area contributed by atoms with E-state index in [4.69, 9.17) is 5.26 Å². The molecular formula is C7H6N2. The maximum atomic E-state index is 8.34. The number of hydrogen-bond acceptors (Lipinski definition) is 1. The molecule has 0 amide bonds. The fourth-order valence-electron chi connectivity index (χ4n) is 0.572. The SMILES string of the molecule is C=C(C#N)n1cccc1. The van der Waals surface area contributed by atoms with Gasteiger partial charge in [0.2, 0.25) is 0 Å². The Bertz CT molecular complexity index is 238. The van der Waals surface area contributed by atoms with E-state index in [1.807, 2.05) is 18.2 Å². The molecule has 1 rings (SSSR count). The summed E-state index contributed by atoms with van der Waals surface area (Å²) in [6.07, 6.45) is 3.57. The predicted molar refractivity (Wildman–Crippen MR) is 35.4 cm³/mol. The van der Waals surface area contributed by atoms with Crippen LogP contribution in [0, 0.1) is 11.3 Å². The fraction of sp³-hybridized carbons (Fsp3) is 0. The van der Waals surface area contributed by atoms with E-state index in [2.05, 4.69) is 6.58 Å². The minimum absolute atomic E-state index is 0.444. The lowest BCUT2D eigenvalue weighted by Gasteiger charge is -1.92. The zero-order valence-electron chi connectivity index (χ0n) is 4.91. The molecule has 1 aromatic rings. The molecule has 1 aromatic heterocycles. The van der Waals surface area contributed by atoms with E-state index >= 15 is 0 Å². The van der Waals surface area contributed by atoms with Crippen molar-refractivity contribution in [2.75, 3.05) is 0 Å². The number of aromatic nitrogens is 1. The molecule has 0 saturated heterocycles. The van der Waals surface area contributed by atoms with Crippen molar-refractivity contribution in [3.8, 4) is 6.07 Å².